The molecule has 0 aromatic heterocycles. The van der Waals surface area contributed by atoms with Crippen LogP contribution in [0, 0.1) is 0 Å². The first-order valence-electron chi connectivity index (χ1n) is 7.53. The summed E-state index contributed by atoms with van der Waals surface area (Å²) in [6.45, 7) is 3.15. The maximum Gasteiger partial charge on any atom is 0.124 e. The number of hydrogen-bond acceptors (Lipinski definition) is 4. The Morgan fingerprint density at radius 3 is 2.45 bits per heavy atom. The van der Waals surface area contributed by atoms with Gasteiger partial charge in [-0.05, 0) is 17.7 Å². The first kappa shape index (κ1) is 14.9. The molecule has 4 nitrogen and oxygen atoms in total. The Kier molecular flexibility index (Phi) is 4.61. The van der Waals surface area contributed by atoms with Gasteiger partial charge in [0.15, 0.2) is 0 Å². The molecular formula is C18H21NO3. The lowest BCUT2D eigenvalue weighted by atomic mass is 9.95. The van der Waals surface area contributed by atoms with E-state index in [9.17, 15) is 5.11 Å². The van der Waals surface area contributed by atoms with E-state index in [-0.39, 0.29) is 11.8 Å². The average Bonchev–Trinajstić information content (AvgIpc) is 2.58. The molecule has 1 N–H and O–H groups in total. The van der Waals surface area contributed by atoms with Crippen molar-refractivity contribution < 1.29 is 14.6 Å². The number of aromatic hydroxyl groups is 1. The van der Waals surface area contributed by atoms with E-state index in [2.05, 4.69) is 17.0 Å². The summed E-state index contributed by atoms with van der Waals surface area (Å²) < 4.78 is 10.7. The Morgan fingerprint density at radius 2 is 1.82 bits per heavy atom. The molecule has 2 aromatic carbocycles. The van der Waals surface area contributed by atoms with Crippen molar-refractivity contribution >= 4 is 0 Å². The minimum atomic E-state index is 0.0241. The molecule has 116 valence electrons. The fraction of sp³-hybridized carbons (Fsp3) is 0.333. The molecule has 0 radical (unpaired) electrons. The van der Waals surface area contributed by atoms with Crippen molar-refractivity contribution in [2.75, 3.05) is 33.4 Å². The topological polar surface area (TPSA) is 41.9 Å². The number of morpholine rings is 1. The second kappa shape index (κ2) is 6.81. The largest absolute Gasteiger partial charge is 0.507 e. The van der Waals surface area contributed by atoms with Crippen LogP contribution in [0.4, 0.5) is 0 Å². The summed E-state index contributed by atoms with van der Waals surface area (Å²) in [6, 6.07) is 15.8. The van der Waals surface area contributed by atoms with Crippen molar-refractivity contribution in [3.8, 4) is 11.5 Å². The van der Waals surface area contributed by atoms with Crippen molar-refractivity contribution in [1.82, 2.24) is 4.90 Å². The van der Waals surface area contributed by atoms with Crippen LogP contribution < -0.4 is 4.74 Å². The summed E-state index contributed by atoms with van der Waals surface area (Å²) in [6.07, 6.45) is 0. The summed E-state index contributed by atoms with van der Waals surface area (Å²) in [5, 5.41) is 10.4. The lowest BCUT2D eigenvalue weighted by Gasteiger charge is -2.35. The Hall–Kier alpha value is -2.04. The zero-order valence-electron chi connectivity index (χ0n) is 12.7. The summed E-state index contributed by atoms with van der Waals surface area (Å²) in [5.74, 6) is 0.926. The molecule has 1 aliphatic rings. The third-order valence-electron chi connectivity index (χ3n) is 4.06. The predicted molar refractivity (Wildman–Crippen MR) is 85.3 cm³/mol. The molecule has 1 atom stereocenters. The highest BCUT2D eigenvalue weighted by atomic mass is 16.5. The van der Waals surface area contributed by atoms with Crippen LogP contribution >= 0.6 is 0 Å². The van der Waals surface area contributed by atoms with E-state index < -0.39 is 0 Å². The molecule has 4 heteroatoms. The van der Waals surface area contributed by atoms with E-state index in [1.54, 1.807) is 13.2 Å². The highest BCUT2D eigenvalue weighted by Gasteiger charge is 2.26. The number of methoxy groups -OCH3 is 1. The Labute approximate surface area is 130 Å². The maximum absolute atomic E-state index is 10.4. The third kappa shape index (κ3) is 3.08. The molecule has 0 spiro atoms. The summed E-state index contributed by atoms with van der Waals surface area (Å²) in [7, 11) is 1.60. The van der Waals surface area contributed by atoms with Crippen molar-refractivity contribution in [2.24, 2.45) is 0 Å². The molecule has 0 saturated carbocycles. The van der Waals surface area contributed by atoms with Crippen LogP contribution in [0.5, 0.6) is 11.5 Å². The highest BCUT2D eigenvalue weighted by Crippen LogP contribution is 2.36. The highest BCUT2D eigenvalue weighted by molar-refractivity contribution is 5.45. The Bertz CT molecular complexity index is 609. The number of ether oxygens (including phenoxy) is 2. The maximum atomic E-state index is 10.4. The fourth-order valence-electron chi connectivity index (χ4n) is 2.94. The van der Waals surface area contributed by atoms with E-state index in [0.29, 0.717) is 5.75 Å². The van der Waals surface area contributed by atoms with Crippen LogP contribution in [-0.4, -0.2) is 43.4 Å². The molecule has 0 amide bonds. The minimum absolute atomic E-state index is 0.0241. The van der Waals surface area contributed by atoms with E-state index in [4.69, 9.17) is 9.47 Å². The van der Waals surface area contributed by atoms with Gasteiger partial charge in [0.05, 0.1) is 26.4 Å². The molecule has 1 saturated heterocycles. The van der Waals surface area contributed by atoms with Gasteiger partial charge in [0.2, 0.25) is 0 Å². The summed E-state index contributed by atoms with van der Waals surface area (Å²) >= 11 is 0. The zero-order chi connectivity index (χ0) is 15.4. The van der Waals surface area contributed by atoms with Crippen molar-refractivity contribution in [2.45, 2.75) is 6.04 Å². The van der Waals surface area contributed by atoms with E-state index in [1.165, 1.54) is 5.56 Å². The minimum Gasteiger partial charge on any atom is -0.507 e. The van der Waals surface area contributed by atoms with Crippen LogP contribution in [-0.2, 0) is 4.74 Å². The van der Waals surface area contributed by atoms with Gasteiger partial charge in [0, 0.05) is 24.7 Å². The van der Waals surface area contributed by atoms with Crippen LogP contribution in [0.25, 0.3) is 0 Å². The Morgan fingerprint density at radius 1 is 1.09 bits per heavy atom. The van der Waals surface area contributed by atoms with Gasteiger partial charge in [-0.3, -0.25) is 4.90 Å². The molecule has 3 rings (SSSR count). The molecule has 2 aromatic rings. The second-order valence-corrected chi connectivity index (χ2v) is 5.39. The lowest BCUT2D eigenvalue weighted by molar-refractivity contribution is 0.0235. The predicted octanol–water partition coefficient (Wildman–Crippen LogP) is 2.82. The smallest absolute Gasteiger partial charge is 0.124 e. The second-order valence-electron chi connectivity index (χ2n) is 5.39. The monoisotopic (exact) mass is 299 g/mol. The van der Waals surface area contributed by atoms with Crippen molar-refractivity contribution in [3.05, 3.63) is 59.7 Å². The van der Waals surface area contributed by atoms with E-state index in [1.807, 2.05) is 30.3 Å². The van der Waals surface area contributed by atoms with Gasteiger partial charge in [0.1, 0.15) is 11.5 Å². The summed E-state index contributed by atoms with van der Waals surface area (Å²) in [5.41, 5.74) is 2.07. The van der Waals surface area contributed by atoms with Gasteiger partial charge in [-0.1, -0.05) is 30.3 Å². The van der Waals surface area contributed by atoms with Gasteiger partial charge in [-0.2, -0.15) is 0 Å². The number of hydrogen-bond donors (Lipinski definition) is 1. The van der Waals surface area contributed by atoms with Gasteiger partial charge >= 0.3 is 0 Å². The molecule has 1 heterocycles. The number of phenolic OH excluding ortho intramolecular Hbond substituents is 1. The molecule has 0 aliphatic carbocycles. The zero-order valence-corrected chi connectivity index (χ0v) is 12.7. The SMILES string of the molecule is COc1ccc(C(c2ccccc2)N2CCOCC2)c(O)c1. The Balaban J connectivity index is 2.01. The number of nitrogens with zero attached hydrogens (tertiary/aromatic N) is 1. The van der Waals surface area contributed by atoms with Gasteiger partial charge in [-0.15, -0.1) is 0 Å². The van der Waals surface area contributed by atoms with Crippen LogP contribution in [0.3, 0.4) is 0 Å². The third-order valence-corrected chi connectivity index (χ3v) is 4.06. The lowest BCUT2D eigenvalue weighted by Crippen LogP contribution is -2.39. The van der Waals surface area contributed by atoms with Gasteiger partial charge < -0.3 is 14.6 Å². The number of phenols is 1. The van der Waals surface area contributed by atoms with Crippen LogP contribution in [0.2, 0.25) is 0 Å². The fourth-order valence-corrected chi connectivity index (χ4v) is 2.94. The van der Waals surface area contributed by atoms with E-state index >= 15 is 0 Å². The quantitative estimate of drug-likeness (QED) is 0.942. The average molecular weight is 299 g/mol. The molecule has 1 aliphatic heterocycles. The van der Waals surface area contributed by atoms with Crippen LogP contribution in [0.1, 0.15) is 17.2 Å². The molecule has 1 fully saturated rings. The first-order chi connectivity index (χ1) is 10.8. The molecule has 0 bridgehead atoms. The normalized spacial score (nSPS) is 17.1. The number of benzene rings is 2. The molecule has 22 heavy (non-hydrogen) atoms. The van der Waals surface area contributed by atoms with Crippen molar-refractivity contribution in [1.29, 1.82) is 0 Å². The van der Waals surface area contributed by atoms with Crippen molar-refractivity contribution in [3.63, 3.8) is 0 Å². The number of rotatable bonds is 4. The first-order valence-corrected chi connectivity index (χ1v) is 7.53. The van der Waals surface area contributed by atoms with E-state index in [0.717, 1.165) is 31.9 Å². The van der Waals surface area contributed by atoms with Gasteiger partial charge in [0.25, 0.3) is 0 Å². The molecule has 1 unspecified atom stereocenters. The van der Waals surface area contributed by atoms with Crippen LogP contribution in [0.15, 0.2) is 48.5 Å². The summed E-state index contributed by atoms with van der Waals surface area (Å²) in [4.78, 5) is 2.35. The standard InChI is InChI=1S/C18H21NO3/c1-21-15-7-8-16(17(20)13-15)18(14-5-3-2-4-6-14)19-9-11-22-12-10-19/h2-8,13,18,20H,9-12H2,1H3. The molecular weight excluding hydrogens is 278 g/mol. The van der Waals surface area contributed by atoms with Gasteiger partial charge in [-0.25, -0.2) is 0 Å².